The summed E-state index contributed by atoms with van der Waals surface area (Å²) in [7, 11) is 5.57. The maximum absolute atomic E-state index is 5.23. The Morgan fingerprint density at radius 3 is 2.59 bits per heavy atom. The monoisotopic (exact) mass is 363 g/mol. The molecule has 0 aliphatic heterocycles. The van der Waals surface area contributed by atoms with Crippen molar-refractivity contribution in [3.63, 3.8) is 0 Å². The Morgan fingerprint density at radius 1 is 1.15 bits per heavy atom. The zero-order valence-electron chi connectivity index (χ0n) is 15.8. The molecule has 0 aliphatic rings. The van der Waals surface area contributed by atoms with Crippen LogP contribution in [0.4, 0.5) is 5.82 Å². The Labute approximate surface area is 157 Å². The normalized spacial score (nSPS) is 11.1. The highest BCUT2D eigenvalue weighted by atomic mass is 16.5. The fourth-order valence-electron chi connectivity index (χ4n) is 3.16. The zero-order chi connectivity index (χ0) is 19.0. The number of ether oxygens (including phenoxy) is 1. The predicted octanol–water partition coefficient (Wildman–Crippen LogP) is 2.48. The fraction of sp³-hybridized carbons (Fsp3) is 0.263. The van der Waals surface area contributed by atoms with E-state index in [-0.39, 0.29) is 0 Å². The molecule has 0 aliphatic carbocycles. The molecule has 8 nitrogen and oxygen atoms in total. The molecule has 0 bridgehead atoms. The summed E-state index contributed by atoms with van der Waals surface area (Å²) in [6.07, 6.45) is 5.32. The number of aromatic nitrogens is 6. The molecule has 0 fully saturated rings. The Bertz CT molecular complexity index is 1080. The van der Waals surface area contributed by atoms with Gasteiger partial charge in [0.05, 0.1) is 13.3 Å². The Balaban J connectivity index is 1.76. The van der Waals surface area contributed by atoms with E-state index < -0.39 is 0 Å². The molecule has 0 amide bonds. The lowest BCUT2D eigenvalue weighted by Crippen LogP contribution is -2.19. The van der Waals surface area contributed by atoms with Crippen LogP contribution in [-0.2, 0) is 13.6 Å². The van der Waals surface area contributed by atoms with E-state index in [4.69, 9.17) is 9.72 Å². The number of fused-ring (bicyclic) bond motifs is 1. The first-order chi connectivity index (χ1) is 13.1. The minimum atomic E-state index is 0.702. The molecule has 27 heavy (non-hydrogen) atoms. The van der Waals surface area contributed by atoms with E-state index in [1.807, 2.05) is 50.1 Å². The summed E-state index contributed by atoms with van der Waals surface area (Å²) in [6, 6.07) is 8.03. The SMILES string of the molecule is COc1ccc(CN(C)c2ncnn3c(C)nc(-c4cnn(C)c4)c23)cc1. The fourth-order valence-corrected chi connectivity index (χ4v) is 3.16. The van der Waals surface area contributed by atoms with Gasteiger partial charge in [-0.15, -0.1) is 0 Å². The van der Waals surface area contributed by atoms with Crippen LogP contribution >= 0.6 is 0 Å². The molecule has 0 N–H and O–H groups in total. The Kier molecular flexibility index (Phi) is 4.23. The summed E-state index contributed by atoms with van der Waals surface area (Å²) < 4.78 is 8.83. The van der Waals surface area contributed by atoms with Crippen molar-refractivity contribution >= 4 is 11.3 Å². The number of nitrogens with zero attached hydrogens (tertiary/aromatic N) is 7. The van der Waals surface area contributed by atoms with Crippen LogP contribution in [-0.4, -0.2) is 43.5 Å². The number of hydrogen-bond donors (Lipinski definition) is 0. The van der Waals surface area contributed by atoms with Gasteiger partial charge in [-0.1, -0.05) is 12.1 Å². The molecule has 1 aromatic carbocycles. The van der Waals surface area contributed by atoms with Crippen LogP contribution < -0.4 is 9.64 Å². The van der Waals surface area contributed by atoms with Crippen molar-refractivity contribution in [3.8, 4) is 17.0 Å². The van der Waals surface area contributed by atoms with Gasteiger partial charge in [-0.2, -0.15) is 10.2 Å². The smallest absolute Gasteiger partial charge is 0.158 e. The number of anilines is 1. The highest BCUT2D eigenvalue weighted by molar-refractivity contribution is 5.85. The van der Waals surface area contributed by atoms with Gasteiger partial charge in [-0.05, 0) is 24.6 Å². The average Bonchev–Trinajstić information content (AvgIpc) is 3.26. The molecule has 3 aromatic heterocycles. The highest BCUT2D eigenvalue weighted by Crippen LogP contribution is 2.30. The topological polar surface area (TPSA) is 73.4 Å². The number of benzene rings is 1. The lowest BCUT2D eigenvalue weighted by molar-refractivity contribution is 0.414. The van der Waals surface area contributed by atoms with E-state index in [0.717, 1.165) is 39.7 Å². The summed E-state index contributed by atoms with van der Waals surface area (Å²) in [5, 5.41) is 8.65. The molecule has 3 heterocycles. The van der Waals surface area contributed by atoms with Crippen LogP contribution in [0.3, 0.4) is 0 Å². The van der Waals surface area contributed by atoms with Gasteiger partial charge in [0.25, 0.3) is 0 Å². The number of aryl methyl sites for hydroxylation is 2. The molecule has 4 aromatic rings. The first-order valence-electron chi connectivity index (χ1n) is 8.60. The van der Waals surface area contributed by atoms with Crippen molar-refractivity contribution in [1.29, 1.82) is 0 Å². The first-order valence-corrected chi connectivity index (χ1v) is 8.60. The summed E-state index contributed by atoms with van der Waals surface area (Å²) in [6.45, 7) is 2.64. The van der Waals surface area contributed by atoms with Gasteiger partial charge < -0.3 is 9.64 Å². The van der Waals surface area contributed by atoms with Crippen LogP contribution in [0.15, 0.2) is 43.0 Å². The second-order valence-electron chi connectivity index (χ2n) is 6.46. The second-order valence-corrected chi connectivity index (χ2v) is 6.46. The third kappa shape index (κ3) is 3.10. The minimum absolute atomic E-state index is 0.702. The molecule has 0 saturated heterocycles. The summed E-state index contributed by atoms with van der Waals surface area (Å²) >= 11 is 0. The number of hydrogen-bond acceptors (Lipinski definition) is 6. The quantitative estimate of drug-likeness (QED) is 0.542. The van der Waals surface area contributed by atoms with E-state index in [2.05, 4.69) is 32.2 Å². The van der Waals surface area contributed by atoms with E-state index in [0.29, 0.717) is 6.54 Å². The summed E-state index contributed by atoms with van der Waals surface area (Å²) in [4.78, 5) is 11.4. The van der Waals surface area contributed by atoms with E-state index in [1.54, 1.807) is 18.1 Å². The van der Waals surface area contributed by atoms with Gasteiger partial charge in [0.1, 0.15) is 29.1 Å². The summed E-state index contributed by atoms with van der Waals surface area (Å²) in [5.41, 5.74) is 3.81. The molecular weight excluding hydrogens is 342 g/mol. The van der Waals surface area contributed by atoms with Gasteiger partial charge in [0, 0.05) is 32.4 Å². The molecule has 4 rings (SSSR count). The molecule has 0 saturated carbocycles. The Hall–Kier alpha value is -3.42. The largest absolute Gasteiger partial charge is 0.497 e. The van der Waals surface area contributed by atoms with E-state index >= 15 is 0 Å². The van der Waals surface area contributed by atoms with Gasteiger partial charge in [-0.25, -0.2) is 14.5 Å². The van der Waals surface area contributed by atoms with Gasteiger partial charge >= 0.3 is 0 Å². The Morgan fingerprint density at radius 2 is 1.93 bits per heavy atom. The number of methoxy groups -OCH3 is 1. The molecule has 138 valence electrons. The minimum Gasteiger partial charge on any atom is -0.497 e. The highest BCUT2D eigenvalue weighted by Gasteiger charge is 2.19. The van der Waals surface area contributed by atoms with E-state index in [9.17, 15) is 0 Å². The van der Waals surface area contributed by atoms with Crippen LogP contribution in [0.1, 0.15) is 11.4 Å². The van der Waals surface area contributed by atoms with Gasteiger partial charge in [-0.3, -0.25) is 4.68 Å². The van der Waals surface area contributed by atoms with Crippen LogP contribution in [0.2, 0.25) is 0 Å². The van der Waals surface area contributed by atoms with Crippen LogP contribution in [0.5, 0.6) is 5.75 Å². The molecule has 0 atom stereocenters. The molecule has 8 heteroatoms. The van der Waals surface area contributed by atoms with Crippen molar-refractivity contribution in [2.45, 2.75) is 13.5 Å². The lowest BCUT2D eigenvalue weighted by Gasteiger charge is -2.19. The molecule has 0 spiro atoms. The van der Waals surface area contributed by atoms with Crippen molar-refractivity contribution < 1.29 is 4.74 Å². The third-order valence-corrected chi connectivity index (χ3v) is 4.49. The van der Waals surface area contributed by atoms with Gasteiger partial charge in [0.15, 0.2) is 5.82 Å². The maximum Gasteiger partial charge on any atom is 0.158 e. The van der Waals surface area contributed by atoms with Crippen molar-refractivity contribution in [3.05, 3.63) is 54.4 Å². The lowest BCUT2D eigenvalue weighted by atomic mass is 10.2. The van der Waals surface area contributed by atoms with Gasteiger partial charge in [0.2, 0.25) is 0 Å². The summed E-state index contributed by atoms with van der Waals surface area (Å²) in [5.74, 6) is 2.47. The molecular formula is C19H21N7O. The van der Waals surface area contributed by atoms with Crippen molar-refractivity contribution in [2.24, 2.45) is 7.05 Å². The maximum atomic E-state index is 5.23. The zero-order valence-corrected chi connectivity index (χ0v) is 15.8. The van der Waals surface area contributed by atoms with Crippen LogP contribution in [0, 0.1) is 6.92 Å². The van der Waals surface area contributed by atoms with E-state index in [1.165, 1.54) is 0 Å². The number of rotatable bonds is 5. The standard InChI is InChI=1S/C19H21N7O/c1-13-23-17(15-9-21-25(3)11-15)18-19(20-12-22-26(13)18)24(2)10-14-5-7-16(27-4)8-6-14/h5-9,11-12H,10H2,1-4H3. The molecule has 0 radical (unpaired) electrons. The predicted molar refractivity (Wildman–Crippen MR) is 103 cm³/mol. The number of imidazole rings is 1. The van der Waals surface area contributed by atoms with Crippen LogP contribution in [0.25, 0.3) is 16.8 Å². The first kappa shape index (κ1) is 17.0. The van der Waals surface area contributed by atoms with Crippen molar-refractivity contribution in [1.82, 2.24) is 29.4 Å². The molecule has 0 unspecified atom stereocenters. The average molecular weight is 363 g/mol. The third-order valence-electron chi connectivity index (χ3n) is 4.49. The van der Waals surface area contributed by atoms with Crippen molar-refractivity contribution in [2.75, 3.05) is 19.1 Å². The second kappa shape index (κ2) is 6.71.